The number of carbonyl (C=O) groups is 1. The van der Waals surface area contributed by atoms with Gasteiger partial charge in [-0.25, -0.2) is 13.1 Å². The van der Waals surface area contributed by atoms with E-state index in [1.54, 1.807) is 0 Å². The van der Waals surface area contributed by atoms with Gasteiger partial charge in [-0.05, 0) is 49.1 Å². The quantitative estimate of drug-likeness (QED) is 0.846. The fraction of sp³-hybridized carbons (Fsp3) is 0.278. The van der Waals surface area contributed by atoms with Crippen LogP contribution >= 0.6 is 0 Å². The molecular formula is C18H19NO4S. The van der Waals surface area contributed by atoms with E-state index in [1.807, 2.05) is 18.2 Å². The number of ether oxygens (including phenoxy) is 1. The number of fused-ring (bicyclic) bond motifs is 1. The van der Waals surface area contributed by atoms with Crippen LogP contribution in [0.4, 0.5) is 0 Å². The zero-order valence-corrected chi connectivity index (χ0v) is 14.2. The molecule has 0 fully saturated rings. The molecule has 1 aliphatic heterocycles. The second kappa shape index (κ2) is 6.75. The van der Waals surface area contributed by atoms with Crippen LogP contribution in [-0.2, 0) is 23.0 Å². The summed E-state index contributed by atoms with van der Waals surface area (Å²) in [5, 5.41) is 0. The maximum absolute atomic E-state index is 12.4. The molecule has 24 heavy (non-hydrogen) atoms. The predicted octanol–water partition coefficient (Wildman–Crippen LogP) is 2.69. The summed E-state index contributed by atoms with van der Waals surface area (Å²) in [6, 6.07) is 11.7. The van der Waals surface area contributed by atoms with Crippen molar-refractivity contribution in [3.8, 4) is 5.75 Å². The van der Waals surface area contributed by atoms with Crippen molar-refractivity contribution in [1.29, 1.82) is 0 Å². The summed E-state index contributed by atoms with van der Waals surface area (Å²) in [6.07, 6.45) is 1.92. The molecule has 0 bridgehead atoms. The summed E-state index contributed by atoms with van der Waals surface area (Å²) < 4.78 is 32.9. The van der Waals surface area contributed by atoms with Gasteiger partial charge in [-0.15, -0.1) is 0 Å². The smallest absolute Gasteiger partial charge is 0.240 e. The van der Waals surface area contributed by atoms with Crippen LogP contribution in [-0.4, -0.2) is 20.8 Å². The molecule has 0 aliphatic carbocycles. The van der Waals surface area contributed by atoms with Crippen LogP contribution in [0.15, 0.2) is 47.4 Å². The highest BCUT2D eigenvalue weighted by molar-refractivity contribution is 7.89. The standard InChI is InChI=1S/C18H19NO4S/c1-13(20)15-5-7-17(8-6-15)24(21,22)19-12-14-4-9-18-16(11-14)3-2-10-23-18/h4-9,11,19H,2-3,10,12H2,1H3. The Morgan fingerprint density at radius 2 is 1.92 bits per heavy atom. The maximum atomic E-state index is 12.4. The minimum atomic E-state index is -3.61. The number of nitrogens with one attached hydrogen (secondary N) is 1. The second-order valence-electron chi connectivity index (χ2n) is 5.80. The molecular weight excluding hydrogens is 326 g/mol. The van der Waals surface area contributed by atoms with Crippen LogP contribution in [0, 0.1) is 0 Å². The molecule has 0 spiro atoms. The molecule has 1 N–H and O–H groups in total. The molecule has 0 aromatic heterocycles. The van der Waals surface area contributed by atoms with E-state index in [-0.39, 0.29) is 17.2 Å². The molecule has 0 amide bonds. The fourth-order valence-corrected chi connectivity index (χ4v) is 3.67. The lowest BCUT2D eigenvalue weighted by molar-refractivity contribution is 0.101. The number of rotatable bonds is 5. The van der Waals surface area contributed by atoms with Crippen LogP contribution in [0.3, 0.4) is 0 Å². The number of ketones is 1. The monoisotopic (exact) mass is 345 g/mol. The third kappa shape index (κ3) is 3.66. The third-order valence-electron chi connectivity index (χ3n) is 4.01. The van der Waals surface area contributed by atoms with Gasteiger partial charge in [-0.1, -0.05) is 24.3 Å². The van der Waals surface area contributed by atoms with Gasteiger partial charge in [0.05, 0.1) is 11.5 Å². The van der Waals surface area contributed by atoms with Crippen molar-refractivity contribution in [3.05, 3.63) is 59.2 Å². The average molecular weight is 345 g/mol. The third-order valence-corrected chi connectivity index (χ3v) is 5.43. The molecule has 0 saturated heterocycles. The topological polar surface area (TPSA) is 72.5 Å². The first-order chi connectivity index (χ1) is 11.5. The van der Waals surface area contributed by atoms with E-state index in [2.05, 4.69) is 4.72 Å². The predicted molar refractivity (Wildman–Crippen MR) is 90.7 cm³/mol. The summed E-state index contributed by atoms with van der Waals surface area (Å²) >= 11 is 0. The van der Waals surface area contributed by atoms with Crippen LogP contribution < -0.4 is 9.46 Å². The van der Waals surface area contributed by atoms with E-state index >= 15 is 0 Å². The highest BCUT2D eigenvalue weighted by Crippen LogP contribution is 2.25. The van der Waals surface area contributed by atoms with Crippen molar-refractivity contribution in [3.63, 3.8) is 0 Å². The van der Waals surface area contributed by atoms with E-state index in [9.17, 15) is 13.2 Å². The normalized spacial score (nSPS) is 13.9. The van der Waals surface area contributed by atoms with Gasteiger partial charge < -0.3 is 4.74 Å². The molecule has 6 heteroatoms. The van der Waals surface area contributed by atoms with Gasteiger partial charge >= 0.3 is 0 Å². The molecule has 1 heterocycles. The van der Waals surface area contributed by atoms with Gasteiger partial charge in [0.15, 0.2) is 5.78 Å². The summed E-state index contributed by atoms with van der Waals surface area (Å²) in [4.78, 5) is 11.4. The van der Waals surface area contributed by atoms with Gasteiger partial charge in [0.1, 0.15) is 5.75 Å². The van der Waals surface area contributed by atoms with Gasteiger partial charge in [0.2, 0.25) is 10.0 Å². The Hall–Kier alpha value is -2.18. The van der Waals surface area contributed by atoms with Gasteiger partial charge in [0.25, 0.3) is 0 Å². The van der Waals surface area contributed by atoms with Crippen molar-refractivity contribution in [2.24, 2.45) is 0 Å². The lowest BCUT2D eigenvalue weighted by Crippen LogP contribution is -2.23. The summed E-state index contributed by atoms with van der Waals surface area (Å²) in [5.41, 5.74) is 2.50. The summed E-state index contributed by atoms with van der Waals surface area (Å²) in [6.45, 7) is 2.39. The van der Waals surface area contributed by atoms with Crippen molar-refractivity contribution in [2.75, 3.05) is 6.61 Å². The van der Waals surface area contributed by atoms with Crippen molar-refractivity contribution < 1.29 is 17.9 Å². The number of benzene rings is 2. The first kappa shape index (κ1) is 16.7. The molecule has 0 radical (unpaired) electrons. The fourth-order valence-electron chi connectivity index (χ4n) is 2.65. The molecule has 1 aliphatic rings. The Kier molecular flexibility index (Phi) is 4.69. The largest absolute Gasteiger partial charge is 0.493 e. The Morgan fingerprint density at radius 3 is 2.62 bits per heavy atom. The molecule has 2 aromatic rings. The summed E-state index contributed by atoms with van der Waals surface area (Å²) in [7, 11) is -3.61. The zero-order chi connectivity index (χ0) is 17.2. The van der Waals surface area contributed by atoms with Crippen LogP contribution in [0.25, 0.3) is 0 Å². The van der Waals surface area contributed by atoms with Gasteiger partial charge in [0, 0.05) is 12.1 Å². The first-order valence-corrected chi connectivity index (χ1v) is 9.29. The van der Waals surface area contributed by atoms with Crippen LogP contribution in [0.2, 0.25) is 0 Å². The van der Waals surface area contributed by atoms with E-state index < -0.39 is 10.0 Å². The first-order valence-electron chi connectivity index (χ1n) is 7.81. The minimum Gasteiger partial charge on any atom is -0.493 e. The van der Waals surface area contributed by atoms with Gasteiger partial charge in [-0.3, -0.25) is 4.79 Å². The Labute approximate surface area is 141 Å². The molecule has 0 saturated carbocycles. The Bertz CT molecular complexity index is 857. The van der Waals surface area contributed by atoms with Crippen LogP contribution in [0.1, 0.15) is 34.8 Å². The average Bonchev–Trinajstić information content (AvgIpc) is 2.60. The van der Waals surface area contributed by atoms with Gasteiger partial charge in [-0.2, -0.15) is 0 Å². The lowest BCUT2D eigenvalue weighted by Gasteiger charge is -2.18. The molecule has 3 rings (SSSR count). The number of carbonyl (C=O) groups excluding carboxylic acids is 1. The number of Topliss-reactive ketones (excluding diaryl/α,β-unsaturated/α-hetero) is 1. The summed E-state index contributed by atoms with van der Waals surface area (Å²) in [5.74, 6) is 0.788. The molecule has 2 aromatic carbocycles. The zero-order valence-electron chi connectivity index (χ0n) is 13.4. The van der Waals surface area contributed by atoms with E-state index in [1.165, 1.54) is 31.2 Å². The van der Waals surface area contributed by atoms with Crippen molar-refractivity contribution >= 4 is 15.8 Å². The highest BCUT2D eigenvalue weighted by atomic mass is 32.2. The molecule has 5 nitrogen and oxygen atoms in total. The maximum Gasteiger partial charge on any atom is 0.240 e. The molecule has 126 valence electrons. The second-order valence-corrected chi connectivity index (χ2v) is 7.57. The Balaban J connectivity index is 1.72. The van der Waals surface area contributed by atoms with Crippen molar-refractivity contribution in [1.82, 2.24) is 4.72 Å². The van der Waals surface area contributed by atoms with E-state index in [4.69, 9.17) is 4.74 Å². The lowest BCUT2D eigenvalue weighted by atomic mass is 10.0. The molecule has 0 unspecified atom stereocenters. The number of sulfonamides is 1. The minimum absolute atomic E-state index is 0.0943. The molecule has 0 atom stereocenters. The van der Waals surface area contributed by atoms with E-state index in [0.29, 0.717) is 5.56 Å². The van der Waals surface area contributed by atoms with Crippen LogP contribution in [0.5, 0.6) is 5.75 Å². The number of hydrogen-bond donors (Lipinski definition) is 1. The van der Waals surface area contributed by atoms with E-state index in [0.717, 1.165) is 36.3 Å². The SMILES string of the molecule is CC(=O)c1ccc(S(=O)(=O)NCc2ccc3c(c2)CCCO3)cc1. The number of hydrogen-bond acceptors (Lipinski definition) is 4. The Morgan fingerprint density at radius 1 is 1.17 bits per heavy atom. The van der Waals surface area contributed by atoms with Crippen molar-refractivity contribution in [2.45, 2.75) is 31.2 Å². The number of aryl methyl sites for hydroxylation is 1. The highest BCUT2D eigenvalue weighted by Gasteiger charge is 2.15.